The molecule has 1 aliphatic carbocycles. The zero-order chi connectivity index (χ0) is 21.9. The van der Waals surface area contributed by atoms with Gasteiger partial charge in [0.15, 0.2) is 0 Å². The molecule has 1 aliphatic heterocycles. The van der Waals surface area contributed by atoms with Gasteiger partial charge in [0.25, 0.3) is 5.91 Å². The second kappa shape index (κ2) is 9.06. The SMILES string of the molecule is Cc1cc(C)c(C)c(OCCCNC(=O)CN2C(=O)N[C@@]3(CCCC[C@@H]3C)C2=O)c1. The lowest BCUT2D eigenvalue weighted by Gasteiger charge is -2.36. The molecule has 1 aromatic rings. The lowest BCUT2D eigenvalue weighted by Crippen LogP contribution is -2.54. The molecule has 164 valence electrons. The van der Waals surface area contributed by atoms with Gasteiger partial charge in [0.1, 0.15) is 17.8 Å². The Morgan fingerprint density at radius 1 is 1.27 bits per heavy atom. The minimum Gasteiger partial charge on any atom is -0.493 e. The van der Waals surface area contributed by atoms with E-state index in [2.05, 4.69) is 23.6 Å². The maximum atomic E-state index is 12.9. The average Bonchev–Trinajstić information content (AvgIpc) is 2.92. The Bertz CT molecular complexity index is 838. The van der Waals surface area contributed by atoms with Crippen molar-refractivity contribution in [1.82, 2.24) is 15.5 Å². The highest BCUT2D eigenvalue weighted by Gasteiger charge is 2.55. The standard InChI is InChI=1S/C23H33N3O4/c1-15-12-16(2)18(4)19(13-15)30-11-7-10-24-20(27)14-26-21(28)23(25-22(26)29)9-6-5-8-17(23)3/h12-13,17H,5-11,14H2,1-4H3,(H,24,27)(H,25,29)/t17-,23+/m0/s1. The Kier molecular flexibility index (Phi) is 6.68. The highest BCUT2D eigenvalue weighted by atomic mass is 16.5. The van der Waals surface area contributed by atoms with Crippen LogP contribution in [0.2, 0.25) is 0 Å². The molecule has 1 aromatic carbocycles. The lowest BCUT2D eigenvalue weighted by molar-refractivity contribution is -0.137. The van der Waals surface area contributed by atoms with Crippen molar-refractivity contribution < 1.29 is 19.1 Å². The van der Waals surface area contributed by atoms with Gasteiger partial charge in [-0.2, -0.15) is 0 Å². The number of carbonyl (C=O) groups is 3. The predicted molar refractivity (Wildman–Crippen MR) is 114 cm³/mol. The molecule has 1 saturated carbocycles. The van der Waals surface area contributed by atoms with Crippen molar-refractivity contribution in [1.29, 1.82) is 0 Å². The molecule has 0 bridgehead atoms. The molecule has 1 saturated heterocycles. The number of rotatable bonds is 7. The summed E-state index contributed by atoms with van der Waals surface area (Å²) in [7, 11) is 0. The fourth-order valence-corrected chi connectivity index (χ4v) is 4.47. The zero-order valence-electron chi connectivity index (χ0n) is 18.5. The van der Waals surface area contributed by atoms with Gasteiger partial charge in [-0.05, 0) is 68.7 Å². The molecule has 4 amide bonds. The van der Waals surface area contributed by atoms with Crippen molar-refractivity contribution in [2.24, 2.45) is 5.92 Å². The average molecular weight is 416 g/mol. The zero-order valence-corrected chi connectivity index (χ0v) is 18.5. The van der Waals surface area contributed by atoms with Gasteiger partial charge < -0.3 is 15.4 Å². The fourth-order valence-electron chi connectivity index (χ4n) is 4.47. The van der Waals surface area contributed by atoms with Gasteiger partial charge >= 0.3 is 6.03 Å². The van der Waals surface area contributed by atoms with Crippen LogP contribution < -0.4 is 15.4 Å². The van der Waals surface area contributed by atoms with Crippen LogP contribution in [0.4, 0.5) is 4.79 Å². The minimum atomic E-state index is -0.826. The first-order chi connectivity index (χ1) is 14.2. The molecule has 2 aliphatic rings. The summed E-state index contributed by atoms with van der Waals surface area (Å²) in [6.45, 7) is 8.79. The third kappa shape index (κ3) is 4.45. The molecule has 0 unspecified atom stereocenters. The maximum absolute atomic E-state index is 12.9. The van der Waals surface area contributed by atoms with E-state index in [1.54, 1.807) is 0 Å². The van der Waals surface area contributed by atoms with Gasteiger partial charge in [-0.1, -0.05) is 25.8 Å². The van der Waals surface area contributed by atoms with E-state index in [1.807, 2.05) is 26.8 Å². The van der Waals surface area contributed by atoms with Crippen molar-refractivity contribution in [2.75, 3.05) is 19.7 Å². The van der Waals surface area contributed by atoms with Crippen LogP contribution in [0.15, 0.2) is 12.1 Å². The molecule has 2 fully saturated rings. The minimum absolute atomic E-state index is 0.0848. The van der Waals surface area contributed by atoms with Crippen LogP contribution in [0.5, 0.6) is 5.75 Å². The van der Waals surface area contributed by atoms with Crippen LogP contribution in [0.25, 0.3) is 0 Å². The normalized spacial score (nSPS) is 23.6. The molecule has 1 heterocycles. The highest BCUT2D eigenvalue weighted by Crippen LogP contribution is 2.38. The van der Waals surface area contributed by atoms with E-state index in [0.717, 1.165) is 41.0 Å². The molecule has 1 spiro atoms. The Morgan fingerprint density at radius 3 is 2.77 bits per heavy atom. The van der Waals surface area contributed by atoms with E-state index in [1.165, 1.54) is 5.56 Å². The first kappa shape index (κ1) is 22.1. The maximum Gasteiger partial charge on any atom is 0.325 e. The number of amides is 4. The first-order valence-electron chi connectivity index (χ1n) is 10.9. The van der Waals surface area contributed by atoms with Gasteiger partial charge in [0.2, 0.25) is 5.91 Å². The van der Waals surface area contributed by atoms with Crippen LogP contribution in [0.1, 0.15) is 55.7 Å². The van der Waals surface area contributed by atoms with E-state index < -0.39 is 11.6 Å². The van der Waals surface area contributed by atoms with Gasteiger partial charge in [0.05, 0.1) is 6.61 Å². The van der Waals surface area contributed by atoms with Crippen molar-refractivity contribution in [2.45, 2.75) is 65.3 Å². The predicted octanol–water partition coefficient (Wildman–Crippen LogP) is 3.00. The second-order valence-corrected chi connectivity index (χ2v) is 8.70. The van der Waals surface area contributed by atoms with Crippen molar-refractivity contribution >= 4 is 17.8 Å². The highest BCUT2D eigenvalue weighted by molar-refractivity contribution is 6.09. The van der Waals surface area contributed by atoms with Gasteiger partial charge in [-0.15, -0.1) is 0 Å². The number of imide groups is 1. The third-order valence-electron chi connectivity index (χ3n) is 6.47. The Balaban J connectivity index is 1.44. The van der Waals surface area contributed by atoms with Crippen LogP contribution in [-0.4, -0.2) is 48.0 Å². The van der Waals surface area contributed by atoms with Crippen LogP contribution in [0, 0.1) is 26.7 Å². The summed E-state index contributed by atoms with van der Waals surface area (Å²) >= 11 is 0. The fraction of sp³-hybridized carbons (Fsp3) is 0.609. The number of nitrogens with one attached hydrogen (secondary N) is 2. The van der Waals surface area contributed by atoms with Crippen LogP contribution in [-0.2, 0) is 9.59 Å². The number of carbonyl (C=O) groups excluding carboxylic acids is 3. The van der Waals surface area contributed by atoms with Gasteiger partial charge in [-0.25, -0.2) is 4.79 Å². The molecule has 0 aromatic heterocycles. The lowest BCUT2D eigenvalue weighted by atomic mass is 9.73. The van der Waals surface area contributed by atoms with E-state index >= 15 is 0 Å². The Labute approximate surface area is 178 Å². The summed E-state index contributed by atoms with van der Waals surface area (Å²) in [5, 5.41) is 5.65. The Hall–Kier alpha value is -2.57. The number of urea groups is 1. The third-order valence-corrected chi connectivity index (χ3v) is 6.47. The van der Waals surface area contributed by atoms with E-state index in [9.17, 15) is 14.4 Å². The summed E-state index contributed by atoms with van der Waals surface area (Å²) in [5.41, 5.74) is 2.64. The summed E-state index contributed by atoms with van der Waals surface area (Å²) < 4.78 is 5.85. The van der Waals surface area contributed by atoms with Gasteiger partial charge in [0, 0.05) is 6.54 Å². The molecule has 7 heteroatoms. The van der Waals surface area contributed by atoms with E-state index in [0.29, 0.717) is 26.0 Å². The number of hydrogen-bond acceptors (Lipinski definition) is 4. The number of hydrogen-bond donors (Lipinski definition) is 2. The molecule has 3 rings (SSSR count). The molecule has 0 radical (unpaired) electrons. The quantitative estimate of drug-likeness (QED) is 0.529. The number of aryl methyl sites for hydroxylation is 2. The molecular weight excluding hydrogens is 382 g/mol. The van der Waals surface area contributed by atoms with Gasteiger partial charge in [-0.3, -0.25) is 14.5 Å². The molecule has 30 heavy (non-hydrogen) atoms. The second-order valence-electron chi connectivity index (χ2n) is 8.70. The summed E-state index contributed by atoms with van der Waals surface area (Å²) in [4.78, 5) is 38.6. The summed E-state index contributed by atoms with van der Waals surface area (Å²) in [6, 6.07) is 3.68. The monoisotopic (exact) mass is 415 g/mol. The topological polar surface area (TPSA) is 87.7 Å². The number of nitrogens with zero attached hydrogens (tertiary/aromatic N) is 1. The number of ether oxygens (including phenoxy) is 1. The van der Waals surface area contributed by atoms with Crippen molar-refractivity contribution in [3.8, 4) is 5.75 Å². The smallest absolute Gasteiger partial charge is 0.325 e. The molecule has 2 atom stereocenters. The molecule has 2 N–H and O–H groups in total. The number of benzene rings is 1. The Morgan fingerprint density at radius 2 is 2.03 bits per heavy atom. The molecular formula is C23H33N3O4. The van der Waals surface area contributed by atoms with Crippen molar-refractivity contribution in [3.63, 3.8) is 0 Å². The van der Waals surface area contributed by atoms with E-state index in [4.69, 9.17) is 4.74 Å². The molecule has 7 nitrogen and oxygen atoms in total. The first-order valence-corrected chi connectivity index (χ1v) is 10.9. The largest absolute Gasteiger partial charge is 0.493 e. The van der Waals surface area contributed by atoms with Crippen LogP contribution >= 0.6 is 0 Å². The van der Waals surface area contributed by atoms with Crippen molar-refractivity contribution in [3.05, 3.63) is 28.8 Å². The van der Waals surface area contributed by atoms with Crippen LogP contribution in [0.3, 0.4) is 0 Å². The summed E-state index contributed by atoms with van der Waals surface area (Å²) in [5.74, 6) is 0.358. The van der Waals surface area contributed by atoms with E-state index in [-0.39, 0.29) is 24.3 Å². The summed E-state index contributed by atoms with van der Waals surface area (Å²) in [6.07, 6.45) is 4.17.